The maximum absolute atomic E-state index is 9.27. The van der Waals surface area contributed by atoms with E-state index in [-0.39, 0.29) is 24.0 Å². The highest BCUT2D eigenvalue weighted by Gasteiger charge is 1.99. The monoisotopic (exact) mass is 455 g/mol. The van der Waals surface area contributed by atoms with E-state index >= 15 is 0 Å². The molecule has 0 heterocycles. The maximum atomic E-state index is 9.27. The third-order valence-corrected chi connectivity index (χ3v) is 3.71. The number of benzene rings is 2. The lowest BCUT2D eigenvalue weighted by Gasteiger charge is -2.12. The van der Waals surface area contributed by atoms with Gasteiger partial charge in [-0.15, -0.1) is 24.0 Å². The SMILES string of the molecule is CN=C(NCCCc1ccc(O)cc1)NCc1ccc(OC)cc1.I. The second-order valence-corrected chi connectivity index (χ2v) is 5.47. The normalized spacial score (nSPS) is 10.7. The number of halogens is 1. The fraction of sp³-hybridized carbons (Fsp3) is 0.316. The molecule has 0 fully saturated rings. The molecule has 0 atom stereocenters. The van der Waals surface area contributed by atoms with Gasteiger partial charge in [0.25, 0.3) is 0 Å². The number of hydrogen-bond donors (Lipinski definition) is 3. The van der Waals surface area contributed by atoms with E-state index in [4.69, 9.17) is 4.74 Å². The van der Waals surface area contributed by atoms with Gasteiger partial charge < -0.3 is 20.5 Å². The minimum Gasteiger partial charge on any atom is -0.508 e. The molecule has 0 saturated carbocycles. The number of aromatic hydroxyl groups is 1. The molecule has 2 rings (SSSR count). The van der Waals surface area contributed by atoms with Crippen LogP contribution in [0, 0.1) is 0 Å². The number of aryl methyl sites for hydroxylation is 1. The molecule has 0 aromatic heterocycles. The van der Waals surface area contributed by atoms with Crippen LogP contribution in [0.1, 0.15) is 17.5 Å². The largest absolute Gasteiger partial charge is 0.508 e. The number of ether oxygens (including phenoxy) is 1. The summed E-state index contributed by atoms with van der Waals surface area (Å²) in [5.41, 5.74) is 2.39. The van der Waals surface area contributed by atoms with Crippen LogP contribution >= 0.6 is 24.0 Å². The topological polar surface area (TPSA) is 65.9 Å². The van der Waals surface area contributed by atoms with Gasteiger partial charge in [0.1, 0.15) is 11.5 Å². The molecule has 6 heteroatoms. The van der Waals surface area contributed by atoms with Crippen molar-refractivity contribution in [1.29, 1.82) is 0 Å². The summed E-state index contributed by atoms with van der Waals surface area (Å²) >= 11 is 0. The molecule has 0 aliphatic carbocycles. The van der Waals surface area contributed by atoms with Crippen molar-refractivity contribution in [2.24, 2.45) is 4.99 Å². The predicted octanol–water partition coefficient (Wildman–Crippen LogP) is 3.32. The first-order valence-corrected chi connectivity index (χ1v) is 8.06. The van der Waals surface area contributed by atoms with Crippen molar-refractivity contribution in [2.45, 2.75) is 19.4 Å². The summed E-state index contributed by atoms with van der Waals surface area (Å²) in [7, 11) is 3.43. The number of nitrogens with one attached hydrogen (secondary N) is 2. The molecule has 2 aromatic carbocycles. The smallest absolute Gasteiger partial charge is 0.191 e. The lowest BCUT2D eigenvalue weighted by molar-refractivity contribution is 0.414. The van der Waals surface area contributed by atoms with Crippen molar-refractivity contribution >= 4 is 29.9 Å². The van der Waals surface area contributed by atoms with Crippen molar-refractivity contribution in [3.63, 3.8) is 0 Å². The quantitative estimate of drug-likeness (QED) is 0.260. The molecule has 0 radical (unpaired) electrons. The third kappa shape index (κ3) is 7.64. The number of phenols is 1. The lowest BCUT2D eigenvalue weighted by Crippen LogP contribution is -2.37. The van der Waals surface area contributed by atoms with E-state index in [1.165, 1.54) is 11.1 Å². The van der Waals surface area contributed by atoms with E-state index in [1.54, 1.807) is 26.3 Å². The zero-order valence-electron chi connectivity index (χ0n) is 14.7. The fourth-order valence-electron chi connectivity index (χ4n) is 2.31. The average Bonchev–Trinajstić information content (AvgIpc) is 2.63. The van der Waals surface area contributed by atoms with E-state index in [0.717, 1.165) is 31.1 Å². The molecule has 5 nitrogen and oxygen atoms in total. The van der Waals surface area contributed by atoms with Crippen LogP contribution in [0.5, 0.6) is 11.5 Å². The van der Waals surface area contributed by atoms with Crippen LogP contribution in [0.3, 0.4) is 0 Å². The molecule has 2 aromatic rings. The molecule has 0 amide bonds. The van der Waals surface area contributed by atoms with Gasteiger partial charge in [0.2, 0.25) is 0 Å². The highest BCUT2D eigenvalue weighted by Crippen LogP contribution is 2.11. The van der Waals surface area contributed by atoms with Gasteiger partial charge in [0.15, 0.2) is 5.96 Å². The summed E-state index contributed by atoms with van der Waals surface area (Å²) < 4.78 is 5.15. The molecule has 25 heavy (non-hydrogen) atoms. The van der Waals surface area contributed by atoms with E-state index in [9.17, 15) is 5.11 Å². The first-order valence-electron chi connectivity index (χ1n) is 8.06. The number of nitrogens with zero attached hydrogens (tertiary/aromatic N) is 1. The van der Waals surface area contributed by atoms with Crippen LogP contribution in [0.15, 0.2) is 53.5 Å². The zero-order valence-corrected chi connectivity index (χ0v) is 17.0. The number of guanidine groups is 1. The highest BCUT2D eigenvalue weighted by atomic mass is 127. The Kier molecular flexibility index (Phi) is 9.76. The predicted molar refractivity (Wildman–Crippen MR) is 113 cm³/mol. The number of phenolic OH excluding ortho intramolecular Hbond substituents is 1. The molecule has 136 valence electrons. The number of aliphatic imine (C=N–C) groups is 1. The van der Waals surface area contributed by atoms with Crippen molar-refractivity contribution in [2.75, 3.05) is 20.7 Å². The van der Waals surface area contributed by atoms with Crippen molar-refractivity contribution in [3.05, 3.63) is 59.7 Å². The standard InChI is InChI=1S/C19H25N3O2.HI/c1-20-19(22-14-16-7-11-18(24-2)12-8-16)21-13-3-4-15-5-9-17(23)10-6-15;/h5-12,23H,3-4,13-14H2,1-2H3,(H2,20,21,22);1H. The Bertz CT molecular complexity index is 643. The maximum Gasteiger partial charge on any atom is 0.191 e. The van der Waals surface area contributed by atoms with Gasteiger partial charge in [-0.25, -0.2) is 0 Å². The van der Waals surface area contributed by atoms with Crippen molar-refractivity contribution in [1.82, 2.24) is 10.6 Å². The summed E-state index contributed by atoms with van der Waals surface area (Å²) in [4.78, 5) is 4.23. The minimum absolute atomic E-state index is 0. The van der Waals surface area contributed by atoms with E-state index < -0.39 is 0 Å². The Hall–Kier alpha value is -1.96. The molecule has 0 bridgehead atoms. The lowest BCUT2D eigenvalue weighted by atomic mass is 10.1. The van der Waals surface area contributed by atoms with E-state index in [1.807, 2.05) is 36.4 Å². The van der Waals surface area contributed by atoms with Crippen LogP contribution in [0.25, 0.3) is 0 Å². The van der Waals surface area contributed by atoms with E-state index in [0.29, 0.717) is 12.3 Å². The average molecular weight is 455 g/mol. The molecular weight excluding hydrogens is 429 g/mol. The second kappa shape index (κ2) is 11.6. The first-order chi connectivity index (χ1) is 11.7. The molecule has 0 unspecified atom stereocenters. The van der Waals surface area contributed by atoms with Gasteiger partial charge in [-0.05, 0) is 48.2 Å². The Morgan fingerprint density at radius 2 is 1.64 bits per heavy atom. The number of methoxy groups -OCH3 is 1. The third-order valence-electron chi connectivity index (χ3n) is 3.71. The van der Waals surface area contributed by atoms with Crippen LogP contribution in [-0.4, -0.2) is 31.8 Å². The van der Waals surface area contributed by atoms with E-state index in [2.05, 4.69) is 15.6 Å². The summed E-state index contributed by atoms with van der Waals surface area (Å²) in [5, 5.41) is 15.9. The fourth-order valence-corrected chi connectivity index (χ4v) is 2.31. The van der Waals surface area contributed by atoms with Gasteiger partial charge >= 0.3 is 0 Å². The van der Waals surface area contributed by atoms with Crippen LogP contribution in [-0.2, 0) is 13.0 Å². The van der Waals surface area contributed by atoms with Gasteiger partial charge in [0.05, 0.1) is 7.11 Å². The summed E-state index contributed by atoms with van der Waals surface area (Å²) in [5.74, 6) is 1.95. The summed E-state index contributed by atoms with van der Waals surface area (Å²) in [6.45, 7) is 1.55. The molecule has 0 saturated heterocycles. The number of rotatable bonds is 7. The van der Waals surface area contributed by atoms with Crippen LogP contribution in [0.4, 0.5) is 0 Å². The molecule has 0 spiro atoms. The number of hydrogen-bond acceptors (Lipinski definition) is 3. The molecular formula is C19H26IN3O2. The van der Waals surface area contributed by atoms with Crippen molar-refractivity contribution < 1.29 is 9.84 Å². The van der Waals surface area contributed by atoms with Gasteiger partial charge in [-0.2, -0.15) is 0 Å². The van der Waals surface area contributed by atoms with Gasteiger partial charge in [-0.3, -0.25) is 4.99 Å². The van der Waals surface area contributed by atoms with Crippen LogP contribution < -0.4 is 15.4 Å². The Morgan fingerprint density at radius 3 is 2.24 bits per heavy atom. The summed E-state index contributed by atoms with van der Waals surface area (Å²) in [6.07, 6.45) is 1.96. The minimum atomic E-state index is 0. The Balaban J connectivity index is 0.00000312. The second-order valence-electron chi connectivity index (χ2n) is 5.47. The zero-order chi connectivity index (χ0) is 17.2. The Labute approximate surface area is 166 Å². The molecule has 3 N–H and O–H groups in total. The van der Waals surface area contributed by atoms with Gasteiger partial charge in [-0.1, -0.05) is 24.3 Å². The summed E-state index contributed by atoms with van der Waals surface area (Å²) in [6, 6.07) is 15.3. The molecule has 0 aliphatic heterocycles. The first kappa shape index (κ1) is 21.1. The van der Waals surface area contributed by atoms with Gasteiger partial charge in [0, 0.05) is 20.1 Å². The van der Waals surface area contributed by atoms with Crippen molar-refractivity contribution in [3.8, 4) is 11.5 Å². The highest BCUT2D eigenvalue weighted by molar-refractivity contribution is 14.0. The Morgan fingerprint density at radius 1 is 1.00 bits per heavy atom. The molecule has 0 aliphatic rings. The van der Waals surface area contributed by atoms with Crippen LogP contribution in [0.2, 0.25) is 0 Å².